The fourth-order valence-corrected chi connectivity index (χ4v) is 2.65. The SMILES string of the molecule is CCCCCCCCCCC(C(=O)O)C(=O)c1ccccc1. The lowest BCUT2D eigenvalue weighted by Crippen LogP contribution is -2.23. The molecular formula is C19H28O3. The van der Waals surface area contributed by atoms with E-state index in [1.807, 2.05) is 6.07 Å². The van der Waals surface area contributed by atoms with E-state index in [4.69, 9.17) is 0 Å². The number of aliphatic carboxylic acids is 1. The van der Waals surface area contributed by atoms with Crippen LogP contribution >= 0.6 is 0 Å². The second kappa shape index (κ2) is 11.0. The molecule has 1 atom stereocenters. The molecule has 0 radical (unpaired) electrons. The molecule has 0 aliphatic heterocycles. The van der Waals surface area contributed by atoms with E-state index in [0.29, 0.717) is 12.0 Å². The van der Waals surface area contributed by atoms with Gasteiger partial charge in [0.15, 0.2) is 5.78 Å². The lowest BCUT2D eigenvalue weighted by atomic mass is 9.92. The summed E-state index contributed by atoms with van der Waals surface area (Å²) in [6.45, 7) is 2.20. The molecular weight excluding hydrogens is 276 g/mol. The van der Waals surface area contributed by atoms with Crippen molar-refractivity contribution in [3.8, 4) is 0 Å². The van der Waals surface area contributed by atoms with Gasteiger partial charge in [0.2, 0.25) is 0 Å². The minimum atomic E-state index is -1.00. The Morgan fingerprint density at radius 3 is 2.00 bits per heavy atom. The number of carboxylic acids is 1. The molecule has 1 aromatic carbocycles. The van der Waals surface area contributed by atoms with Crippen molar-refractivity contribution in [2.75, 3.05) is 0 Å². The Balaban J connectivity index is 2.30. The van der Waals surface area contributed by atoms with E-state index in [0.717, 1.165) is 19.3 Å². The molecule has 0 spiro atoms. The monoisotopic (exact) mass is 304 g/mol. The second-order valence-electron chi connectivity index (χ2n) is 5.88. The fraction of sp³-hybridized carbons (Fsp3) is 0.579. The van der Waals surface area contributed by atoms with Crippen LogP contribution in [0, 0.1) is 5.92 Å². The topological polar surface area (TPSA) is 54.4 Å². The van der Waals surface area contributed by atoms with E-state index in [2.05, 4.69) is 6.92 Å². The van der Waals surface area contributed by atoms with Gasteiger partial charge in [-0.3, -0.25) is 9.59 Å². The van der Waals surface area contributed by atoms with Crippen molar-refractivity contribution >= 4 is 11.8 Å². The highest BCUT2D eigenvalue weighted by Crippen LogP contribution is 2.18. The molecule has 0 aromatic heterocycles. The molecule has 3 nitrogen and oxygen atoms in total. The van der Waals surface area contributed by atoms with Gasteiger partial charge < -0.3 is 5.11 Å². The molecule has 1 aromatic rings. The molecule has 0 heterocycles. The van der Waals surface area contributed by atoms with Crippen molar-refractivity contribution in [1.29, 1.82) is 0 Å². The van der Waals surface area contributed by atoms with Gasteiger partial charge in [-0.05, 0) is 6.42 Å². The van der Waals surface area contributed by atoms with Crippen molar-refractivity contribution in [3.05, 3.63) is 35.9 Å². The van der Waals surface area contributed by atoms with Crippen molar-refractivity contribution in [3.63, 3.8) is 0 Å². The lowest BCUT2D eigenvalue weighted by molar-refractivity contribution is -0.140. The van der Waals surface area contributed by atoms with Gasteiger partial charge >= 0.3 is 5.97 Å². The molecule has 0 saturated heterocycles. The first-order valence-electron chi connectivity index (χ1n) is 8.49. The number of unbranched alkanes of at least 4 members (excludes halogenated alkanes) is 7. The van der Waals surface area contributed by atoms with Crippen molar-refractivity contribution in [1.82, 2.24) is 0 Å². The summed E-state index contributed by atoms with van der Waals surface area (Å²) in [5.74, 6) is -2.17. The lowest BCUT2D eigenvalue weighted by Gasteiger charge is -2.11. The first kappa shape index (κ1) is 18.4. The maximum absolute atomic E-state index is 12.2. The van der Waals surface area contributed by atoms with Crippen LogP contribution in [0.2, 0.25) is 0 Å². The molecule has 3 heteroatoms. The zero-order valence-electron chi connectivity index (χ0n) is 13.6. The van der Waals surface area contributed by atoms with Gasteiger partial charge in [0.05, 0.1) is 0 Å². The van der Waals surface area contributed by atoms with Crippen LogP contribution in [0.1, 0.15) is 75.1 Å². The van der Waals surface area contributed by atoms with Gasteiger partial charge in [0.1, 0.15) is 5.92 Å². The highest BCUT2D eigenvalue weighted by atomic mass is 16.4. The summed E-state index contributed by atoms with van der Waals surface area (Å²) in [7, 11) is 0. The molecule has 1 unspecified atom stereocenters. The van der Waals surface area contributed by atoms with Crippen LogP contribution in [0.25, 0.3) is 0 Å². The maximum atomic E-state index is 12.2. The Labute approximate surface area is 133 Å². The van der Waals surface area contributed by atoms with Gasteiger partial charge in [0.25, 0.3) is 0 Å². The molecule has 0 bridgehead atoms. The number of Topliss-reactive ketones (excluding diaryl/α,β-unsaturated/α-hetero) is 1. The van der Waals surface area contributed by atoms with Gasteiger partial charge in [-0.15, -0.1) is 0 Å². The highest BCUT2D eigenvalue weighted by molar-refractivity contribution is 6.08. The highest BCUT2D eigenvalue weighted by Gasteiger charge is 2.26. The van der Waals surface area contributed by atoms with E-state index < -0.39 is 11.9 Å². The summed E-state index contributed by atoms with van der Waals surface area (Å²) >= 11 is 0. The van der Waals surface area contributed by atoms with Crippen molar-refractivity contribution < 1.29 is 14.7 Å². The quantitative estimate of drug-likeness (QED) is 0.332. The molecule has 1 rings (SSSR count). The first-order chi connectivity index (χ1) is 10.7. The zero-order chi connectivity index (χ0) is 16.2. The van der Waals surface area contributed by atoms with Gasteiger partial charge in [-0.1, -0.05) is 88.6 Å². The van der Waals surface area contributed by atoms with Gasteiger partial charge in [0, 0.05) is 5.56 Å². The number of hydrogen-bond donors (Lipinski definition) is 1. The van der Waals surface area contributed by atoms with Crippen LogP contribution in [-0.2, 0) is 4.79 Å². The van der Waals surface area contributed by atoms with Crippen LogP contribution in [0.3, 0.4) is 0 Å². The molecule has 0 amide bonds. The number of ketones is 1. The first-order valence-corrected chi connectivity index (χ1v) is 8.49. The van der Waals surface area contributed by atoms with Crippen LogP contribution in [0.15, 0.2) is 30.3 Å². The number of carbonyl (C=O) groups is 2. The Kier molecular flexibility index (Phi) is 9.20. The number of benzene rings is 1. The van der Waals surface area contributed by atoms with Crippen LogP contribution in [-0.4, -0.2) is 16.9 Å². The van der Waals surface area contributed by atoms with Crippen molar-refractivity contribution in [2.45, 2.75) is 64.7 Å². The summed E-state index contributed by atoms with van der Waals surface area (Å²) in [6, 6.07) is 8.73. The maximum Gasteiger partial charge on any atom is 0.314 e. The summed E-state index contributed by atoms with van der Waals surface area (Å²) in [6.07, 6.45) is 9.72. The molecule has 0 fully saturated rings. The summed E-state index contributed by atoms with van der Waals surface area (Å²) < 4.78 is 0. The van der Waals surface area contributed by atoms with E-state index >= 15 is 0 Å². The molecule has 22 heavy (non-hydrogen) atoms. The Morgan fingerprint density at radius 1 is 0.909 bits per heavy atom. The molecule has 1 N–H and O–H groups in total. The van der Waals surface area contributed by atoms with E-state index in [1.54, 1.807) is 24.3 Å². The minimum absolute atomic E-state index is 0.268. The fourth-order valence-electron chi connectivity index (χ4n) is 2.65. The minimum Gasteiger partial charge on any atom is -0.481 e. The molecule has 0 aliphatic carbocycles. The third kappa shape index (κ3) is 6.88. The van der Waals surface area contributed by atoms with Crippen molar-refractivity contribution in [2.24, 2.45) is 5.92 Å². The van der Waals surface area contributed by atoms with E-state index in [9.17, 15) is 14.7 Å². The Morgan fingerprint density at radius 2 is 1.45 bits per heavy atom. The molecule has 0 aliphatic rings. The predicted molar refractivity (Wildman–Crippen MR) is 89.1 cm³/mol. The molecule has 0 saturated carbocycles. The Hall–Kier alpha value is -1.64. The third-order valence-electron chi connectivity index (χ3n) is 4.02. The molecule has 122 valence electrons. The average molecular weight is 304 g/mol. The smallest absolute Gasteiger partial charge is 0.314 e. The standard InChI is InChI=1S/C19H28O3/c1-2-3-4-5-6-7-8-12-15-17(19(21)22)18(20)16-13-10-9-11-14-16/h9-11,13-14,17H,2-8,12,15H2,1H3,(H,21,22). The zero-order valence-corrected chi connectivity index (χ0v) is 13.6. The predicted octanol–water partition coefficient (Wildman–Crippen LogP) is 5.10. The number of rotatable bonds is 12. The van der Waals surface area contributed by atoms with E-state index in [1.165, 1.54) is 32.1 Å². The van der Waals surface area contributed by atoms with Crippen LogP contribution in [0.5, 0.6) is 0 Å². The summed E-state index contributed by atoms with van der Waals surface area (Å²) in [5.41, 5.74) is 0.495. The summed E-state index contributed by atoms with van der Waals surface area (Å²) in [4.78, 5) is 23.6. The van der Waals surface area contributed by atoms with Gasteiger partial charge in [-0.2, -0.15) is 0 Å². The number of carbonyl (C=O) groups excluding carboxylic acids is 1. The third-order valence-corrected chi connectivity index (χ3v) is 4.02. The van der Waals surface area contributed by atoms with Crippen LogP contribution in [0.4, 0.5) is 0 Å². The van der Waals surface area contributed by atoms with E-state index in [-0.39, 0.29) is 5.78 Å². The van der Waals surface area contributed by atoms with Crippen LogP contribution < -0.4 is 0 Å². The number of carboxylic acid groups (broad SMARTS) is 1. The average Bonchev–Trinajstić information content (AvgIpc) is 2.53. The van der Waals surface area contributed by atoms with Gasteiger partial charge in [-0.25, -0.2) is 0 Å². The second-order valence-corrected chi connectivity index (χ2v) is 5.88. The normalized spacial score (nSPS) is 12.0. The largest absolute Gasteiger partial charge is 0.481 e. The summed E-state index contributed by atoms with van der Waals surface area (Å²) in [5, 5.41) is 9.28. The Bertz CT molecular complexity index is 439. The number of hydrogen-bond acceptors (Lipinski definition) is 2.